The van der Waals surface area contributed by atoms with Crippen LogP contribution in [0.25, 0.3) is 0 Å². The Morgan fingerprint density at radius 3 is 1.16 bits per heavy atom. The maximum Gasteiger partial charge on any atom is 0.326 e. The Labute approximate surface area is 290 Å². The standard InChI is InChI=1S/C38H41N5O7/c39-24-34(45)40-30(20-25-10-4-1-5-11-25)35(46)41-32(22-28-16-18-29(44)19-17-28)36(47)42-31(21-26-12-6-2-7-13-26)37(48)43-33(38(49)50)23-27-14-8-3-9-15-27/h1-19,30-33,44H,20-24,39H2,(H,40,45)(H,41,46)(H,42,47)(H,43,48)(H,49,50)/t30-,31-,32-,33-/m0/s1. The maximum absolute atomic E-state index is 14.0. The number of phenolic OH excluding ortho intramolecular Hbond substituents is 1. The first-order valence-electron chi connectivity index (χ1n) is 16.1. The van der Waals surface area contributed by atoms with Gasteiger partial charge in [0.1, 0.15) is 29.9 Å². The first-order chi connectivity index (χ1) is 24.1. The molecule has 4 rings (SSSR count). The van der Waals surface area contributed by atoms with Crippen LogP contribution in [0.4, 0.5) is 0 Å². The summed E-state index contributed by atoms with van der Waals surface area (Å²) in [5.41, 5.74) is 8.27. The van der Waals surface area contributed by atoms with Gasteiger partial charge < -0.3 is 37.2 Å². The zero-order valence-electron chi connectivity index (χ0n) is 27.3. The van der Waals surface area contributed by atoms with Gasteiger partial charge in [-0.15, -0.1) is 0 Å². The molecule has 4 aromatic rings. The second-order valence-corrected chi connectivity index (χ2v) is 11.8. The molecule has 50 heavy (non-hydrogen) atoms. The number of carbonyl (C=O) groups is 5. The lowest BCUT2D eigenvalue weighted by molar-refractivity contribution is -0.142. The highest BCUT2D eigenvalue weighted by Crippen LogP contribution is 2.13. The number of amides is 4. The third kappa shape index (κ3) is 11.6. The molecule has 260 valence electrons. The van der Waals surface area contributed by atoms with Crippen molar-refractivity contribution in [1.82, 2.24) is 21.3 Å². The summed E-state index contributed by atoms with van der Waals surface area (Å²) in [7, 11) is 0. The lowest BCUT2D eigenvalue weighted by Gasteiger charge is -2.26. The van der Waals surface area contributed by atoms with Crippen molar-refractivity contribution in [1.29, 1.82) is 0 Å². The van der Waals surface area contributed by atoms with Gasteiger partial charge >= 0.3 is 5.97 Å². The molecule has 0 aliphatic carbocycles. The van der Waals surface area contributed by atoms with Crippen molar-refractivity contribution in [2.75, 3.05) is 6.54 Å². The minimum atomic E-state index is -1.28. The number of rotatable bonds is 17. The molecule has 4 amide bonds. The molecule has 0 fully saturated rings. The van der Waals surface area contributed by atoms with E-state index in [4.69, 9.17) is 5.73 Å². The smallest absolute Gasteiger partial charge is 0.326 e. The number of aromatic hydroxyl groups is 1. The van der Waals surface area contributed by atoms with Crippen molar-refractivity contribution in [2.45, 2.75) is 49.9 Å². The van der Waals surface area contributed by atoms with Crippen LogP contribution in [0, 0.1) is 0 Å². The third-order valence-electron chi connectivity index (χ3n) is 7.94. The monoisotopic (exact) mass is 679 g/mol. The number of hydrogen-bond acceptors (Lipinski definition) is 7. The van der Waals surface area contributed by atoms with Crippen molar-refractivity contribution in [3.05, 3.63) is 138 Å². The van der Waals surface area contributed by atoms with Crippen LogP contribution < -0.4 is 27.0 Å². The van der Waals surface area contributed by atoms with Crippen molar-refractivity contribution in [3.63, 3.8) is 0 Å². The van der Waals surface area contributed by atoms with Gasteiger partial charge in [-0.05, 0) is 34.4 Å². The average Bonchev–Trinajstić information content (AvgIpc) is 3.12. The number of carboxylic acids is 1. The van der Waals surface area contributed by atoms with E-state index >= 15 is 0 Å². The van der Waals surface area contributed by atoms with Crippen molar-refractivity contribution < 1.29 is 34.2 Å². The maximum atomic E-state index is 14.0. The molecule has 0 spiro atoms. The molecular formula is C38H41N5O7. The SMILES string of the molecule is NCC(=O)N[C@@H](Cc1ccccc1)C(=O)N[C@@H](Cc1ccc(O)cc1)C(=O)N[C@@H](Cc1ccccc1)C(=O)N[C@@H](Cc1ccccc1)C(=O)O. The lowest BCUT2D eigenvalue weighted by Crippen LogP contribution is -2.59. The number of carbonyl (C=O) groups excluding carboxylic acids is 4. The van der Waals surface area contributed by atoms with Crippen molar-refractivity contribution in [2.24, 2.45) is 5.73 Å². The Balaban J connectivity index is 1.60. The van der Waals surface area contributed by atoms with Gasteiger partial charge in [-0.1, -0.05) is 103 Å². The molecule has 0 unspecified atom stereocenters. The molecule has 12 heteroatoms. The number of hydrogen-bond donors (Lipinski definition) is 7. The number of aliphatic carboxylic acids is 1. The summed E-state index contributed by atoms with van der Waals surface area (Å²) in [4.78, 5) is 66.0. The predicted molar refractivity (Wildman–Crippen MR) is 187 cm³/mol. The normalized spacial score (nSPS) is 13.1. The van der Waals surface area contributed by atoms with Gasteiger partial charge in [0.2, 0.25) is 23.6 Å². The molecule has 0 bridgehead atoms. The molecule has 0 heterocycles. The topological polar surface area (TPSA) is 200 Å². The number of phenols is 1. The van der Waals surface area contributed by atoms with E-state index in [-0.39, 0.29) is 38.0 Å². The van der Waals surface area contributed by atoms with E-state index in [2.05, 4.69) is 21.3 Å². The second-order valence-electron chi connectivity index (χ2n) is 11.8. The van der Waals surface area contributed by atoms with Crippen LogP contribution in [0.15, 0.2) is 115 Å². The molecule has 8 N–H and O–H groups in total. The predicted octanol–water partition coefficient (Wildman–Crippen LogP) is 1.65. The molecule has 4 atom stereocenters. The highest BCUT2D eigenvalue weighted by atomic mass is 16.4. The van der Waals surface area contributed by atoms with Gasteiger partial charge in [-0.3, -0.25) is 19.2 Å². The molecule has 12 nitrogen and oxygen atoms in total. The van der Waals surface area contributed by atoms with E-state index in [1.807, 2.05) is 6.07 Å². The fraction of sp³-hybridized carbons (Fsp3) is 0.237. The summed E-state index contributed by atoms with van der Waals surface area (Å²) in [6.07, 6.45) is 0.124. The number of nitrogens with one attached hydrogen (secondary N) is 4. The van der Waals surface area contributed by atoms with Crippen molar-refractivity contribution in [3.8, 4) is 5.75 Å². The molecule has 4 aromatic carbocycles. The molecule has 0 saturated heterocycles. The number of nitrogens with two attached hydrogens (primary N) is 1. The Morgan fingerprint density at radius 2 is 0.800 bits per heavy atom. The summed E-state index contributed by atoms with van der Waals surface area (Å²) in [6.45, 7) is -0.353. The Bertz CT molecular complexity index is 1720. The van der Waals surface area contributed by atoms with E-state index in [9.17, 15) is 34.2 Å². The molecule has 0 radical (unpaired) electrons. The molecule has 0 saturated carbocycles. The second kappa shape index (κ2) is 18.5. The summed E-state index contributed by atoms with van der Waals surface area (Å²) in [6, 6.07) is 28.0. The van der Waals surface area contributed by atoms with Crippen LogP contribution >= 0.6 is 0 Å². The van der Waals surface area contributed by atoms with Gasteiger partial charge in [-0.25, -0.2) is 4.79 Å². The number of carboxylic acid groups (broad SMARTS) is 1. The largest absolute Gasteiger partial charge is 0.508 e. The molecular weight excluding hydrogens is 638 g/mol. The highest BCUT2D eigenvalue weighted by Gasteiger charge is 2.32. The first kappa shape index (κ1) is 36.8. The van der Waals surface area contributed by atoms with E-state index in [0.717, 1.165) is 5.56 Å². The van der Waals surface area contributed by atoms with Crippen LogP contribution in [0.2, 0.25) is 0 Å². The van der Waals surface area contributed by atoms with E-state index in [1.165, 1.54) is 12.1 Å². The Hall–Kier alpha value is -6.01. The van der Waals surface area contributed by atoms with Crippen LogP contribution in [0.5, 0.6) is 5.75 Å². The number of benzene rings is 4. The molecule has 0 aliphatic rings. The fourth-order valence-electron chi connectivity index (χ4n) is 5.32. The van der Waals surface area contributed by atoms with Crippen molar-refractivity contribution >= 4 is 29.6 Å². The Morgan fingerprint density at radius 1 is 0.480 bits per heavy atom. The molecule has 0 aliphatic heterocycles. The van der Waals surface area contributed by atoms with Crippen LogP contribution in [-0.2, 0) is 49.7 Å². The summed E-state index contributed by atoms with van der Waals surface area (Å²) in [5, 5.41) is 30.4. The zero-order chi connectivity index (χ0) is 35.9. The summed E-state index contributed by atoms with van der Waals surface area (Å²) in [5.74, 6) is -3.91. The fourth-order valence-corrected chi connectivity index (χ4v) is 5.32. The average molecular weight is 680 g/mol. The lowest BCUT2D eigenvalue weighted by atomic mass is 10.0. The van der Waals surface area contributed by atoms with Crippen LogP contribution in [0.3, 0.4) is 0 Å². The third-order valence-corrected chi connectivity index (χ3v) is 7.94. The van der Waals surface area contributed by atoms with E-state index < -0.39 is 53.8 Å². The summed E-state index contributed by atoms with van der Waals surface area (Å²) >= 11 is 0. The van der Waals surface area contributed by atoms with Gasteiger partial charge in [0.05, 0.1) is 6.54 Å². The van der Waals surface area contributed by atoms with Gasteiger partial charge in [0.15, 0.2) is 0 Å². The summed E-state index contributed by atoms with van der Waals surface area (Å²) < 4.78 is 0. The van der Waals surface area contributed by atoms with Crippen LogP contribution in [-0.4, -0.2) is 70.5 Å². The van der Waals surface area contributed by atoms with Gasteiger partial charge in [0.25, 0.3) is 0 Å². The van der Waals surface area contributed by atoms with E-state index in [0.29, 0.717) is 16.7 Å². The minimum absolute atomic E-state index is 0.00860. The van der Waals surface area contributed by atoms with Gasteiger partial charge in [0, 0.05) is 25.7 Å². The highest BCUT2D eigenvalue weighted by molar-refractivity contribution is 5.95. The van der Waals surface area contributed by atoms with E-state index in [1.54, 1.807) is 97.1 Å². The Kier molecular flexibility index (Phi) is 13.6. The molecule has 0 aromatic heterocycles. The minimum Gasteiger partial charge on any atom is -0.508 e. The van der Waals surface area contributed by atoms with Crippen LogP contribution in [0.1, 0.15) is 22.3 Å². The quantitative estimate of drug-likeness (QED) is 0.0874. The zero-order valence-corrected chi connectivity index (χ0v) is 27.3. The van der Waals surface area contributed by atoms with Gasteiger partial charge in [-0.2, -0.15) is 0 Å². The first-order valence-corrected chi connectivity index (χ1v) is 16.1.